The molecule has 2 aromatic carbocycles. The normalized spacial score (nSPS) is 12.5. The van der Waals surface area contributed by atoms with Crippen molar-refractivity contribution in [2.45, 2.75) is 19.8 Å². The van der Waals surface area contributed by atoms with E-state index < -0.39 is 0 Å². The fraction of sp³-hybridized carbons (Fsp3) is 0.263. The van der Waals surface area contributed by atoms with Gasteiger partial charge in [0.15, 0.2) is 0 Å². The van der Waals surface area contributed by atoms with Gasteiger partial charge in [0.05, 0.1) is 17.5 Å². The number of ether oxygens (including phenoxy) is 1. The molecule has 0 saturated heterocycles. The Bertz CT molecular complexity index is 735. The van der Waals surface area contributed by atoms with Gasteiger partial charge < -0.3 is 4.74 Å². The predicted molar refractivity (Wildman–Crippen MR) is 89.1 cm³/mol. The molecule has 3 nitrogen and oxygen atoms in total. The van der Waals surface area contributed by atoms with Crippen molar-refractivity contribution in [1.82, 2.24) is 9.97 Å². The minimum Gasteiger partial charge on any atom is -0.476 e. The van der Waals surface area contributed by atoms with Crippen molar-refractivity contribution in [3.05, 3.63) is 66.5 Å². The maximum absolute atomic E-state index is 6.05. The third-order valence-electron chi connectivity index (χ3n) is 3.94. The van der Waals surface area contributed by atoms with Gasteiger partial charge in [-0.05, 0) is 23.6 Å². The summed E-state index contributed by atoms with van der Waals surface area (Å²) in [6, 6.07) is 18.4. The van der Waals surface area contributed by atoms with Gasteiger partial charge in [0.25, 0.3) is 0 Å². The summed E-state index contributed by atoms with van der Waals surface area (Å²) in [4.78, 5) is 8.57. The molecule has 0 fully saturated rings. The zero-order valence-electron chi connectivity index (χ0n) is 12.9. The van der Waals surface area contributed by atoms with E-state index >= 15 is 0 Å². The van der Waals surface area contributed by atoms with Gasteiger partial charge in [-0.15, -0.1) is 0 Å². The molecule has 1 aromatic heterocycles. The van der Waals surface area contributed by atoms with Crippen molar-refractivity contribution in [2.24, 2.45) is 5.92 Å². The van der Waals surface area contributed by atoms with Gasteiger partial charge in [-0.1, -0.05) is 56.3 Å². The van der Waals surface area contributed by atoms with E-state index in [-0.39, 0.29) is 0 Å². The number of nitrogens with zero attached hydrogens (tertiary/aromatic N) is 2. The first-order valence-electron chi connectivity index (χ1n) is 7.63. The van der Waals surface area contributed by atoms with Crippen LogP contribution in [-0.2, 0) is 0 Å². The molecule has 3 rings (SSSR count). The lowest BCUT2D eigenvalue weighted by Crippen LogP contribution is -2.16. The van der Waals surface area contributed by atoms with Crippen LogP contribution in [-0.4, -0.2) is 16.6 Å². The van der Waals surface area contributed by atoms with Crippen LogP contribution in [0.5, 0.6) is 5.88 Å². The summed E-state index contributed by atoms with van der Waals surface area (Å²) in [5, 5.41) is 0.959. The Hall–Kier alpha value is -2.42. The third-order valence-corrected chi connectivity index (χ3v) is 3.94. The van der Waals surface area contributed by atoms with Gasteiger partial charge in [-0.2, -0.15) is 0 Å². The molecule has 1 heterocycles. The van der Waals surface area contributed by atoms with Gasteiger partial charge in [0, 0.05) is 5.92 Å². The first-order chi connectivity index (χ1) is 10.8. The van der Waals surface area contributed by atoms with Crippen LogP contribution >= 0.6 is 0 Å². The van der Waals surface area contributed by atoms with Crippen LogP contribution < -0.4 is 4.74 Å². The average Bonchev–Trinajstić information content (AvgIpc) is 2.56. The van der Waals surface area contributed by atoms with E-state index in [0.29, 0.717) is 24.3 Å². The number of hydrogen-bond acceptors (Lipinski definition) is 3. The van der Waals surface area contributed by atoms with E-state index in [4.69, 9.17) is 4.74 Å². The Kier molecular flexibility index (Phi) is 4.33. The van der Waals surface area contributed by atoms with Crippen LogP contribution in [0.2, 0.25) is 0 Å². The van der Waals surface area contributed by atoms with E-state index in [0.717, 1.165) is 10.9 Å². The fourth-order valence-electron chi connectivity index (χ4n) is 2.64. The van der Waals surface area contributed by atoms with E-state index in [1.165, 1.54) is 5.56 Å². The van der Waals surface area contributed by atoms with Gasteiger partial charge in [0.1, 0.15) is 6.33 Å². The van der Waals surface area contributed by atoms with E-state index in [9.17, 15) is 0 Å². The summed E-state index contributed by atoms with van der Waals surface area (Å²) in [5.41, 5.74) is 2.21. The van der Waals surface area contributed by atoms with Crippen molar-refractivity contribution in [1.29, 1.82) is 0 Å². The second-order valence-electron chi connectivity index (χ2n) is 5.77. The quantitative estimate of drug-likeness (QED) is 0.697. The lowest BCUT2D eigenvalue weighted by atomic mass is 9.89. The number of hydrogen-bond donors (Lipinski definition) is 0. The van der Waals surface area contributed by atoms with Crippen LogP contribution in [0.25, 0.3) is 10.9 Å². The molecule has 0 aliphatic rings. The zero-order valence-corrected chi connectivity index (χ0v) is 12.9. The van der Waals surface area contributed by atoms with Crippen molar-refractivity contribution in [3.63, 3.8) is 0 Å². The molecule has 0 bridgehead atoms. The smallest absolute Gasteiger partial charge is 0.224 e. The Morgan fingerprint density at radius 1 is 0.909 bits per heavy atom. The number of benzene rings is 2. The van der Waals surface area contributed by atoms with Crippen LogP contribution in [0.3, 0.4) is 0 Å². The summed E-state index contributed by atoms with van der Waals surface area (Å²) in [7, 11) is 0. The zero-order chi connectivity index (χ0) is 15.4. The Morgan fingerprint density at radius 2 is 1.64 bits per heavy atom. The number of rotatable bonds is 5. The Labute approximate surface area is 131 Å². The van der Waals surface area contributed by atoms with E-state index in [1.54, 1.807) is 6.33 Å². The Morgan fingerprint density at radius 3 is 2.41 bits per heavy atom. The molecule has 112 valence electrons. The van der Waals surface area contributed by atoms with Crippen molar-refractivity contribution in [2.75, 3.05) is 6.61 Å². The lowest BCUT2D eigenvalue weighted by molar-refractivity contribution is 0.252. The summed E-state index contributed by atoms with van der Waals surface area (Å²) < 4.78 is 6.05. The maximum Gasteiger partial charge on any atom is 0.224 e. The highest BCUT2D eigenvalue weighted by molar-refractivity contribution is 5.82. The molecule has 0 radical (unpaired) electrons. The Balaban J connectivity index is 1.83. The molecule has 3 aromatic rings. The van der Waals surface area contributed by atoms with Crippen molar-refractivity contribution >= 4 is 10.9 Å². The number of aromatic nitrogens is 2. The highest BCUT2D eigenvalue weighted by Gasteiger charge is 2.17. The topological polar surface area (TPSA) is 35.0 Å². The summed E-state index contributed by atoms with van der Waals surface area (Å²) in [6.45, 7) is 5.06. The fourth-order valence-corrected chi connectivity index (χ4v) is 2.64. The van der Waals surface area contributed by atoms with Gasteiger partial charge in [-0.3, -0.25) is 0 Å². The molecule has 0 aliphatic heterocycles. The van der Waals surface area contributed by atoms with Crippen LogP contribution in [0.4, 0.5) is 0 Å². The predicted octanol–water partition coefficient (Wildman–Crippen LogP) is 4.45. The highest BCUT2D eigenvalue weighted by Crippen LogP contribution is 2.27. The summed E-state index contributed by atoms with van der Waals surface area (Å²) >= 11 is 0. The molecule has 0 spiro atoms. The van der Waals surface area contributed by atoms with Crippen LogP contribution in [0.15, 0.2) is 60.9 Å². The average molecular weight is 292 g/mol. The SMILES string of the molecule is CC(C)C(COc1ncnc2ccccc12)c1ccccc1. The van der Waals surface area contributed by atoms with Crippen LogP contribution in [0, 0.1) is 5.92 Å². The molecule has 1 unspecified atom stereocenters. The molecule has 0 saturated carbocycles. The second kappa shape index (κ2) is 6.56. The maximum atomic E-state index is 6.05. The molecular weight excluding hydrogens is 272 g/mol. The summed E-state index contributed by atoms with van der Waals surface area (Å²) in [5.74, 6) is 1.50. The second-order valence-corrected chi connectivity index (χ2v) is 5.77. The highest BCUT2D eigenvalue weighted by atomic mass is 16.5. The lowest BCUT2D eigenvalue weighted by Gasteiger charge is -2.21. The molecule has 0 amide bonds. The van der Waals surface area contributed by atoms with Crippen LogP contribution in [0.1, 0.15) is 25.3 Å². The molecule has 0 aliphatic carbocycles. The number of para-hydroxylation sites is 1. The molecular formula is C19H20N2O. The first kappa shape index (κ1) is 14.5. The van der Waals surface area contributed by atoms with E-state index in [1.807, 2.05) is 30.3 Å². The van der Waals surface area contributed by atoms with Gasteiger partial charge >= 0.3 is 0 Å². The van der Waals surface area contributed by atoms with Crippen molar-refractivity contribution in [3.8, 4) is 5.88 Å². The first-order valence-corrected chi connectivity index (χ1v) is 7.63. The third kappa shape index (κ3) is 3.08. The summed E-state index contributed by atoms with van der Waals surface area (Å²) in [6.07, 6.45) is 1.56. The number of fused-ring (bicyclic) bond motifs is 1. The molecule has 22 heavy (non-hydrogen) atoms. The largest absolute Gasteiger partial charge is 0.476 e. The minimum absolute atomic E-state index is 0.343. The standard InChI is InChI=1S/C19H20N2O/c1-14(2)17(15-8-4-3-5-9-15)12-22-19-16-10-6-7-11-18(16)20-13-21-19/h3-11,13-14,17H,12H2,1-2H3. The molecule has 3 heteroatoms. The van der Waals surface area contributed by atoms with E-state index in [2.05, 4.69) is 48.1 Å². The minimum atomic E-state index is 0.343. The molecule has 0 N–H and O–H groups in total. The van der Waals surface area contributed by atoms with Gasteiger partial charge in [-0.25, -0.2) is 9.97 Å². The van der Waals surface area contributed by atoms with Crippen molar-refractivity contribution < 1.29 is 4.74 Å². The monoisotopic (exact) mass is 292 g/mol. The molecule has 1 atom stereocenters. The van der Waals surface area contributed by atoms with Gasteiger partial charge in [0.2, 0.25) is 5.88 Å².